The second-order valence-corrected chi connectivity index (χ2v) is 10.1. The summed E-state index contributed by atoms with van der Waals surface area (Å²) in [6.07, 6.45) is 6.73. The third kappa shape index (κ3) is 5.21. The zero-order valence-electron chi connectivity index (χ0n) is 17.4. The van der Waals surface area contributed by atoms with Crippen LogP contribution in [0.4, 0.5) is 11.4 Å². The minimum Gasteiger partial charge on any atom is -0.399 e. The Hall–Kier alpha value is -2.67. The zero-order valence-corrected chi connectivity index (χ0v) is 19.8. The van der Waals surface area contributed by atoms with Crippen molar-refractivity contribution in [3.63, 3.8) is 0 Å². The number of rotatable bonds is 6. The molecule has 3 N–H and O–H groups in total. The summed E-state index contributed by atoms with van der Waals surface area (Å²) in [5, 5.41) is 0.954. The van der Waals surface area contributed by atoms with Gasteiger partial charge < -0.3 is 10.6 Å². The molecule has 0 unspecified atom stereocenters. The number of likely N-dealkylation sites (N-methyl/N-ethyl adjacent to an activating group) is 2. The quantitative estimate of drug-likeness (QED) is 0.201. The predicted molar refractivity (Wildman–Crippen MR) is 129 cm³/mol. The molecule has 0 aliphatic carbocycles. The molecular weight excluding hydrogens is 472 g/mol. The number of nitrogens with two attached hydrogens (primary N) is 1. The fraction of sp³-hybridized carbons (Fsp3) is 0.250. The summed E-state index contributed by atoms with van der Waals surface area (Å²) in [7, 11) is -1.03. The normalized spacial score (nSPS) is 18.3. The first-order chi connectivity index (χ1) is 15.0. The third-order valence-corrected chi connectivity index (χ3v) is 7.26. The van der Waals surface area contributed by atoms with Crippen LogP contribution in [0, 0.1) is 0 Å². The Labute approximate surface area is 196 Å². The highest BCUT2D eigenvalue weighted by atomic mass is 32.2. The number of benzene rings is 1. The molecule has 9 nitrogen and oxygen atoms in total. The summed E-state index contributed by atoms with van der Waals surface area (Å²) < 4.78 is 31.2. The van der Waals surface area contributed by atoms with Gasteiger partial charge in [0.1, 0.15) is 5.57 Å². The number of allylic oxidation sites excluding steroid dienone is 4. The van der Waals surface area contributed by atoms with Crippen LogP contribution < -0.4 is 10.6 Å². The number of hydrogen-bond acceptors (Lipinski definition) is 8. The first-order valence-corrected chi connectivity index (χ1v) is 12.3. The molecule has 0 aromatic heterocycles. The fourth-order valence-corrected chi connectivity index (χ4v) is 4.97. The molecule has 0 saturated carbocycles. The van der Waals surface area contributed by atoms with E-state index in [-0.39, 0.29) is 22.9 Å². The molecule has 170 valence electrons. The standard InChI is InChI=1S/C20H22N4O5S3/c1-22-18(25)14(19(26)23(2)20(22)30)6-3-4-7-17-24(10-5-11-32(27,28)29)15-9-8-13(21)12-16(15)31-17/h3-4,6-9,12H,5,10-11,21H2,1-2H3,(H,27,28,29). The topological polar surface area (TPSA) is 124 Å². The molecule has 0 spiro atoms. The highest BCUT2D eigenvalue weighted by Gasteiger charge is 2.34. The van der Waals surface area contributed by atoms with Crippen molar-refractivity contribution in [2.75, 3.05) is 37.0 Å². The molecule has 2 heterocycles. The van der Waals surface area contributed by atoms with E-state index in [4.69, 9.17) is 22.5 Å². The molecule has 2 aliphatic rings. The monoisotopic (exact) mass is 494 g/mol. The van der Waals surface area contributed by atoms with Crippen LogP contribution in [-0.4, -0.2) is 66.1 Å². The average molecular weight is 495 g/mol. The number of thioether (sulfide) groups is 1. The molecule has 2 amide bonds. The van der Waals surface area contributed by atoms with Gasteiger partial charge in [-0.15, -0.1) is 0 Å². The summed E-state index contributed by atoms with van der Waals surface area (Å²) >= 11 is 6.53. The van der Waals surface area contributed by atoms with Crippen molar-refractivity contribution >= 4 is 62.4 Å². The molecule has 0 atom stereocenters. The largest absolute Gasteiger partial charge is 0.399 e. The minimum atomic E-state index is -4.05. The van der Waals surface area contributed by atoms with Crippen molar-refractivity contribution in [2.24, 2.45) is 0 Å². The molecule has 32 heavy (non-hydrogen) atoms. The van der Waals surface area contributed by atoms with Gasteiger partial charge in [-0.2, -0.15) is 8.42 Å². The van der Waals surface area contributed by atoms with Crippen molar-refractivity contribution in [1.29, 1.82) is 0 Å². The van der Waals surface area contributed by atoms with Crippen LogP contribution in [0.15, 0.2) is 58.0 Å². The highest BCUT2D eigenvalue weighted by molar-refractivity contribution is 8.03. The number of nitrogen functional groups attached to an aromatic ring is 1. The maximum Gasteiger partial charge on any atom is 0.265 e. The Balaban J connectivity index is 1.81. The summed E-state index contributed by atoms with van der Waals surface area (Å²) in [6.45, 7) is 0.370. The lowest BCUT2D eigenvalue weighted by molar-refractivity contribution is -0.132. The second-order valence-electron chi connectivity index (χ2n) is 7.10. The van der Waals surface area contributed by atoms with Gasteiger partial charge in [0, 0.05) is 31.2 Å². The van der Waals surface area contributed by atoms with E-state index in [0.717, 1.165) is 15.6 Å². The second kappa shape index (κ2) is 9.45. The molecule has 1 saturated heterocycles. The molecule has 0 bridgehead atoms. The van der Waals surface area contributed by atoms with Gasteiger partial charge in [0.2, 0.25) is 0 Å². The lowest BCUT2D eigenvalue weighted by Crippen LogP contribution is -2.52. The lowest BCUT2D eigenvalue weighted by Gasteiger charge is -2.31. The average Bonchev–Trinajstić information content (AvgIpc) is 3.05. The number of amides is 2. The maximum atomic E-state index is 12.4. The van der Waals surface area contributed by atoms with E-state index in [0.29, 0.717) is 12.2 Å². The Bertz CT molecular complexity index is 1150. The van der Waals surface area contributed by atoms with Gasteiger partial charge in [-0.05, 0) is 49.0 Å². The maximum absolute atomic E-state index is 12.4. The number of nitrogens with zero attached hydrogens (tertiary/aromatic N) is 3. The van der Waals surface area contributed by atoms with E-state index in [1.54, 1.807) is 24.3 Å². The van der Waals surface area contributed by atoms with E-state index in [2.05, 4.69) is 0 Å². The molecule has 1 fully saturated rings. The smallest absolute Gasteiger partial charge is 0.265 e. The van der Waals surface area contributed by atoms with Crippen LogP contribution in [-0.2, 0) is 19.7 Å². The van der Waals surface area contributed by atoms with Crippen molar-refractivity contribution in [3.05, 3.63) is 53.1 Å². The van der Waals surface area contributed by atoms with E-state index >= 15 is 0 Å². The summed E-state index contributed by atoms with van der Waals surface area (Å²) in [4.78, 5) is 30.0. The van der Waals surface area contributed by atoms with Crippen molar-refractivity contribution in [3.8, 4) is 0 Å². The van der Waals surface area contributed by atoms with Gasteiger partial charge >= 0.3 is 0 Å². The minimum absolute atomic E-state index is 0.00149. The van der Waals surface area contributed by atoms with Crippen LogP contribution in [0.25, 0.3) is 0 Å². The number of carbonyl (C=O) groups excluding carboxylic acids is 2. The number of hydrogen-bond donors (Lipinski definition) is 2. The van der Waals surface area contributed by atoms with Crippen molar-refractivity contribution in [2.45, 2.75) is 11.3 Å². The van der Waals surface area contributed by atoms with E-state index in [1.807, 2.05) is 17.0 Å². The summed E-state index contributed by atoms with van der Waals surface area (Å²) in [5.41, 5.74) is 7.36. The van der Waals surface area contributed by atoms with E-state index in [1.165, 1.54) is 41.7 Å². The van der Waals surface area contributed by atoms with Crippen LogP contribution >= 0.6 is 24.0 Å². The Morgan fingerprint density at radius 1 is 1.12 bits per heavy atom. The molecule has 2 aliphatic heterocycles. The number of carbonyl (C=O) groups is 2. The Morgan fingerprint density at radius 2 is 1.75 bits per heavy atom. The molecule has 3 rings (SSSR count). The molecule has 12 heteroatoms. The van der Waals surface area contributed by atoms with Crippen LogP contribution in [0.1, 0.15) is 6.42 Å². The van der Waals surface area contributed by atoms with Gasteiger partial charge in [0.25, 0.3) is 21.9 Å². The summed E-state index contributed by atoms with van der Waals surface area (Å²) in [6, 6.07) is 5.44. The Kier molecular flexibility index (Phi) is 7.08. The Morgan fingerprint density at radius 3 is 2.38 bits per heavy atom. The lowest BCUT2D eigenvalue weighted by atomic mass is 10.1. The predicted octanol–water partition coefficient (Wildman–Crippen LogP) is 2.00. The molecular formula is C20H22N4O5S3. The van der Waals surface area contributed by atoms with Crippen LogP contribution in [0.3, 0.4) is 0 Å². The highest BCUT2D eigenvalue weighted by Crippen LogP contribution is 2.46. The van der Waals surface area contributed by atoms with Gasteiger partial charge in [-0.1, -0.05) is 23.9 Å². The zero-order chi connectivity index (χ0) is 23.6. The first kappa shape index (κ1) is 24.0. The third-order valence-electron chi connectivity index (χ3n) is 4.80. The summed E-state index contributed by atoms with van der Waals surface area (Å²) in [5.74, 6) is -1.29. The fourth-order valence-electron chi connectivity index (χ4n) is 3.17. The van der Waals surface area contributed by atoms with Gasteiger partial charge in [-0.25, -0.2) is 0 Å². The SMILES string of the molecule is CN1C(=O)C(=CC=CC=C2Sc3cc(N)ccc3N2CCCS(=O)(=O)O)C(=O)N(C)C1=S. The number of thiocarbonyl (C=S) groups is 1. The van der Waals surface area contributed by atoms with Gasteiger partial charge in [0.15, 0.2) is 5.11 Å². The van der Waals surface area contributed by atoms with E-state index in [9.17, 15) is 18.0 Å². The first-order valence-electron chi connectivity index (χ1n) is 9.48. The van der Waals surface area contributed by atoms with Crippen molar-refractivity contribution < 1.29 is 22.6 Å². The molecule has 1 aromatic rings. The molecule has 0 radical (unpaired) electrons. The van der Waals surface area contributed by atoms with Gasteiger partial charge in [0.05, 0.1) is 16.5 Å². The van der Waals surface area contributed by atoms with Crippen LogP contribution in [0.2, 0.25) is 0 Å². The van der Waals surface area contributed by atoms with Crippen molar-refractivity contribution in [1.82, 2.24) is 9.80 Å². The van der Waals surface area contributed by atoms with Crippen LogP contribution in [0.5, 0.6) is 0 Å². The number of fused-ring (bicyclic) bond motifs is 1. The number of anilines is 2. The molecule has 1 aromatic carbocycles. The van der Waals surface area contributed by atoms with Gasteiger partial charge in [-0.3, -0.25) is 23.9 Å². The van der Waals surface area contributed by atoms with E-state index < -0.39 is 21.9 Å².